The van der Waals surface area contributed by atoms with Crippen LogP contribution in [0.2, 0.25) is 0 Å². The molecule has 0 aliphatic carbocycles. The van der Waals surface area contributed by atoms with Crippen LogP contribution in [0.4, 0.5) is 4.79 Å². The zero-order valence-electron chi connectivity index (χ0n) is 17.5. The fourth-order valence-electron chi connectivity index (χ4n) is 5.35. The van der Waals surface area contributed by atoms with E-state index >= 15 is 0 Å². The summed E-state index contributed by atoms with van der Waals surface area (Å²) < 4.78 is 5.93. The van der Waals surface area contributed by atoms with E-state index in [2.05, 4.69) is 10.6 Å². The van der Waals surface area contributed by atoms with Crippen LogP contribution < -0.4 is 15.4 Å². The lowest BCUT2D eigenvalue weighted by atomic mass is 9.87. The van der Waals surface area contributed by atoms with Gasteiger partial charge in [0.05, 0.1) is 12.5 Å². The summed E-state index contributed by atoms with van der Waals surface area (Å²) in [4.78, 5) is 38.7. The Morgan fingerprint density at radius 3 is 2.06 bits per heavy atom. The van der Waals surface area contributed by atoms with Crippen LogP contribution >= 0.6 is 0 Å². The van der Waals surface area contributed by atoms with Crippen molar-refractivity contribution in [3.05, 3.63) is 59.7 Å². The average Bonchev–Trinajstić information content (AvgIpc) is 3.07. The summed E-state index contributed by atoms with van der Waals surface area (Å²) in [7, 11) is 0. The second-order valence-corrected chi connectivity index (χ2v) is 8.64. The molecule has 8 nitrogen and oxygen atoms in total. The highest BCUT2D eigenvalue weighted by atomic mass is 16.5. The van der Waals surface area contributed by atoms with E-state index < -0.39 is 12.0 Å². The molecule has 3 heterocycles. The Hall–Kier alpha value is -3.55. The Kier molecular flexibility index (Phi) is 5.20. The number of fused-ring (bicyclic) bond motifs is 4. The van der Waals surface area contributed by atoms with Gasteiger partial charge in [-0.25, -0.2) is 4.79 Å². The van der Waals surface area contributed by atoms with Crippen molar-refractivity contribution < 1.29 is 24.2 Å². The predicted octanol–water partition coefficient (Wildman–Crippen LogP) is 2.83. The Balaban J connectivity index is 1.22. The van der Waals surface area contributed by atoms with Crippen LogP contribution in [0.25, 0.3) is 0 Å². The van der Waals surface area contributed by atoms with Gasteiger partial charge < -0.3 is 25.4 Å². The molecule has 3 aliphatic heterocycles. The fraction of sp³-hybridized carbons (Fsp3) is 0.375. The Morgan fingerprint density at radius 1 is 0.938 bits per heavy atom. The molecule has 2 saturated heterocycles. The van der Waals surface area contributed by atoms with Crippen LogP contribution in [0.5, 0.6) is 11.5 Å². The average molecular weight is 435 g/mol. The second-order valence-electron chi connectivity index (χ2n) is 8.64. The van der Waals surface area contributed by atoms with Gasteiger partial charge >= 0.3 is 6.09 Å². The van der Waals surface area contributed by atoms with Crippen LogP contribution in [0.1, 0.15) is 42.7 Å². The van der Waals surface area contributed by atoms with Gasteiger partial charge in [-0.2, -0.15) is 0 Å². The first kappa shape index (κ1) is 20.4. The van der Waals surface area contributed by atoms with Crippen molar-refractivity contribution in [1.29, 1.82) is 0 Å². The van der Waals surface area contributed by atoms with Gasteiger partial charge in [-0.15, -0.1) is 0 Å². The monoisotopic (exact) mass is 435 g/mol. The van der Waals surface area contributed by atoms with E-state index in [4.69, 9.17) is 4.74 Å². The summed E-state index contributed by atoms with van der Waals surface area (Å²) in [6.07, 6.45) is 2.02. The molecule has 1 unspecified atom stereocenters. The normalized spacial score (nSPS) is 23.5. The first-order chi connectivity index (χ1) is 15.5. The third kappa shape index (κ3) is 3.66. The predicted molar refractivity (Wildman–Crippen MR) is 116 cm³/mol. The topological polar surface area (TPSA) is 108 Å². The minimum absolute atomic E-state index is 0.0404. The Bertz CT molecular complexity index is 1010. The highest BCUT2D eigenvalue weighted by molar-refractivity contribution is 5.92. The number of hydrogen-bond acceptors (Lipinski definition) is 4. The van der Waals surface area contributed by atoms with Gasteiger partial charge in [0.1, 0.15) is 11.5 Å². The summed E-state index contributed by atoms with van der Waals surface area (Å²) in [5, 5.41) is 15.1. The van der Waals surface area contributed by atoms with Crippen LogP contribution in [0.15, 0.2) is 48.5 Å². The van der Waals surface area contributed by atoms with Crippen LogP contribution in [-0.2, 0) is 9.59 Å². The summed E-state index contributed by atoms with van der Waals surface area (Å²) in [6, 6.07) is 14.7. The maximum Gasteiger partial charge on any atom is 0.407 e. The third-order valence-electron chi connectivity index (χ3n) is 6.68. The third-order valence-corrected chi connectivity index (χ3v) is 6.68. The molecule has 8 heteroatoms. The van der Waals surface area contributed by atoms with Gasteiger partial charge in [-0.05, 0) is 37.8 Å². The minimum Gasteiger partial charge on any atom is -0.465 e. The Labute approximate surface area is 185 Å². The molecule has 3 N–H and O–H groups in total. The van der Waals surface area contributed by atoms with Crippen molar-refractivity contribution in [2.24, 2.45) is 0 Å². The van der Waals surface area contributed by atoms with Crippen LogP contribution in [-0.4, -0.2) is 52.6 Å². The maximum absolute atomic E-state index is 13.1. The number of benzene rings is 2. The van der Waals surface area contributed by atoms with Crippen molar-refractivity contribution in [1.82, 2.24) is 15.5 Å². The second kappa shape index (κ2) is 8.18. The van der Waals surface area contributed by atoms with Gasteiger partial charge in [0.2, 0.25) is 11.8 Å². The SMILES string of the molecule is O=C(CNC(=O)C1c2ccccc2Oc2ccccc21)NC1C[C@H]2CC[C@@H](C1)N2C(=O)O. The molecular formula is C24H25N3O5. The molecular weight excluding hydrogens is 410 g/mol. The summed E-state index contributed by atoms with van der Waals surface area (Å²) >= 11 is 0. The highest BCUT2D eigenvalue weighted by Crippen LogP contribution is 2.43. The zero-order chi connectivity index (χ0) is 22.2. The standard InChI is InChI=1S/C24H25N3O5/c28-21(26-14-11-15-9-10-16(12-14)27(15)24(30)31)13-25-23(29)22-17-5-1-3-7-19(17)32-20-8-4-2-6-18(20)22/h1-8,14-16,22H,9-13H2,(H,25,29)(H,26,28)(H,30,31)/t14?,15-,16+. The molecule has 0 saturated carbocycles. The maximum atomic E-state index is 13.1. The van der Waals surface area contributed by atoms with E-state index in [1.54, 1.807) is 0 Å². The van der Waals surface area contributed by atoms with E-state index in [0.29, 0.717) is 24.3 Å². The molecule has 0 aromatic heterocycles. The van der Waals surface area contributed by atoms with Crippen molar-refractivity contribution in [3.8, 4) is 11.5 Å². The molecule has 0 spiro atoms. The van der Waals surface area contributed by atoms with Gasteiger partial charge in [0.25, 0.3) is 0 Å². The lowest BCUT2D eigenvalue weighted by Gasteiger charge is -2.37. The molecule has 3 atom stereocenters. The molecule has 2 bridgehead atoms. The molecule has 0 radical (unpaired) electrons. The lowest BCUT2D eigenvalue weighted by Crippen LogP contribution is -2.53. The molecule has 5 rings (SSSR count). The molecule has 32 heavy (non-hydrogen) atoms. The van der Waals surface area contributed by atoms with Gasteiger partial charge in [0, 0.05) is 29.3 Å². The lowest BCUT2D eigenvalue weighted by molar-refractivity contribution is -0.127. The molecule has 3 aliphatic rings. The van der Waals surface area contributed by atoms with E-state index in [1.165, 1.54) is 4.90 Å². The first-order valence-corrected chi connectivity index (χ1v) is 11.0. The fourth-order valence-corrected chi connectivity index (χ4v) is 5.35. The molecule has 2 fully saturated rings. The van der Waals surface area contributed by atoms with E-state index in [1.807, 2.05) is 48.5 Å². The molecule has 3 amide bonds. The number of para-hydroxylation sites is 2. The van der Waals surface area contributed by atoms with Crippen LogP contribution in [0, 0.1) is 0 Å². The number of carboxylic acid groups (broad SMARTS) is 1. The molecule has 2 aromatic carbocycles. The number of rotatable bonds is 4. The number of ether oxygens (including phenoxy) is 1. The van der Waals surface area contributed by atoms with Crippen LogP contribution in [0.3, 0.4) is 0 Å². The largest absolute Gasteiger partial charge is 0.465 e. The van der Waals surface area contributed by atoms with Crippen molar-refractivity contribution in [2.45, 2.75) is 49.7 Å². The van der Waals surface area contributed by atoms with Crippen molar-refractivity contribution in [3.63, 3.8) is 0 Å². The summed E-state index contributed by atoms with van der Waals surface area (Å²) in [5.74, 6) is 0.191. The summed E-state index contributed by atoms with van der Waals surface area (Å²) in [5.41, 5.74) is 1.53. The van der Waals surface area contributed by atoms with Gasteiger partial charge in [-0.1, -0.05) is 36.4 Å². The number of nitrogens with zero attached hydrogens (tertiary/aromatic N) is 1. The van der Waals surface area contributed by atoms with E-state index in [9.17, 15) is 19.5 Å². The van der Waals surface area contributed by atoms with Crippen molar-refractivity contribution in [2.75, 3.05) is 6.54 Å². The Morgan fingerprint density at radius 2 is 1.50 bits per heavy atom. The molecule has 2 aromatic rings. The van der Waals surface area contributed by atoms with E-state index in [-0.39, 0.29) is 36.5 Å². The number of carbonyl (C=O) groups excluding carboxylic acids is 2. The number of amides is 3. The van der Waals surface area contributed by atoms with Crippen molar-refractivity contribution >= 4 is 17.9 Å². The quantitative estimate of drug-likeness (QED) is 0.685. The zero-order valence-corrected chi connectivity index (χ0v) is 17.5. The first-order valence-electron chi connectivity index (χ1n) is 11.0. The number of hydrogen-bond donors (Lipinski definition) is 3. The molecule has 166 valence electrons. The number of carbonyl (C=O) groups is 3. The summed E-state index contributed by atoms with van der Waals surface area (Å²) in [6.45, 7) is -0.130. The number of nitrogens with one attached hydrogen (secondary N) is 2. The minimum atomic E-state index is -0.883. The highest BCUT2D eigenvalue weighted by Gasteiger charge is 2.43. The smallest absolute Gasteiger partial charge is 0.407 e. The van der Waals surface area contributed by atoms with Gasteiger partial charge in [0.15, 0.2) is 0 Å². The number of piperidine rings is 1. The van der Waals surface area contributed by atoms with E-state index in [0.717, 1.165) is 24.0 Å². The van der Waals surface area contributed by atoms with Gasteiger partial charge in [-0.3, -0.25) is 9.59 Å².